The number of allylic oxidation sites excluding steroid dienone is 1. The minimum Gasteiger partial charge on any atom is -0.507 e. The summed E-state index contributed by atoms with van der Waals surface area (Å²) < 4.78 is 0. The van der Waals surface area contributed by atoms with Crippen LogP contribution in [0.5, 0.6) is 5.75 Å². The van der Waals surface area contributed by atoms with Crippen molar-refractivity contribution in [2.24, 2.45) is 11.5 Å². The molecule has 0 aromatic heterocycles. The molecule has 0 amide bonds. The summed E-state index contributed by atoms with van der Waals surface area (Å²) in [5.41, 5.74) is 12.7. The average Bonchev–Trinajstić information content (AvgIpc) is 2.20. The summed E-state index contributed by atoms with van der Waals surface area (Å²) in [6.07, 6.45) is 2.38. The smallest absolute Gasteiger partial charge is 0.123 e. The van der Waals surface area contributed by atoms with Crippen molar-refractivity contribution < 1.29 is 5.11 Å². The molecule has 0 bridgehead atoms. The number of aromatic hydroxyl groups is 1. The van der Waals surface area contributed by atoms with Crippen LogP contribution in [0.1, 0.15) is 17.2 Å². The van der Waals surface area contributed by atoms with E-state index in [9.17, 15) is 5.11 Å². The molecule has 0 aliphatic carbocycles. The first-order valence-electron chi connectivity index (χ1n) is 4.58. The van der Waals surface area contributed by atoms with Crippen LogP contribution >= 0.6 is 0 Å². The molecule has 1 rings (SSSR count). The lowest BCUT2D eigenvalue weighted by Crippen LogP contribution is -2.20. The van der Waals surface area contributed by atoms with E-state index in [1.807, 2.05) is 12.1 Å². The first-order chi connectivity index (χ1) is 6.70. The Kier molecular flexibility index (Phi) is 3.68. The van der Waals surface area contributed by atoms with Gasteiger partial charge in [-0.3, -0.25) is 0 Å². The standard InChI is InChI=1S/C11H16N2O/c1-2-4-8-5-3-6-9(11(8)14)10(13)7-12/h2-3,5-6,10,14H,1,4,7,12-13H2/t10-/m1/s1. The monoisotopic (exact) mass is 192 g/mol. The second-order valence-corrected chi connectivity index (χ2v) is 3.19. The first kappa shape index (κ1) is 10.8. The van der Waals surface area contributed by atoms with E-state index < -0.39 is 0 Å². The number of para-hydroxylation sites is 1. The van der Waals surface area contributed by atoms with E-state index in [-0.39, 0.29) is 11.8 Å². The van der Waals surface area contributed by atoms with Crippen LogP contribution in [0.15, 0.2) is 30.9 Å². The minimum absolute atomic E-state index is 0.241. The van der Waals surface area contributed by atoms with E-state index in [2.05, 4.69) is 6.58 Å². The van der Waals surface area contributed by atoms with Crippen molar-refractivity contribution in [1.29, 1.82) is 0 Å². The van der Waals surface area contributed by atoms with Gasteiger partial charge in [0.2, 0.25) is 0 Å². The second kappa shape index (κ2) is 4.79. The summed E-state index contributed by atoms with van der Waals surface area (Å²) in [6, 6.07) is 5.20. The molecule has 0 heterocycles. The van der Waals surface area contributed by atoms with Crippen molar-refractivity contribution in [2.45, 2.75) is 12.5 Å². The Morgan fingerprint density at radius 1 is 1.50 bits per heavy atom. The number of phenolic OH excluding ortho intramolecular Hbond substituents is 1. The fourth-order valence-electron chi connectivity index (χ4n) is 1.36. The molecule has 0 radical (unpaired) electrons. The van der Waals surface area contributed by atoms with Crippen molar-refractivity contribution in [3.63, 3.8) is 0 Å². The molecule has 0 saturated carbocycles. The van der Waals surface area contributed by atoms with Crippen LogP contribution in [0, 0.1) is 0 Å². The molecule has 0 saturated heterocycles. The van der Waals surface area contributed by atoms with Gasteiger partial charge in [-0.15, -0.1) is 6.58 Å². The normalized spacial score (nSPS) is 12.4. The minimum atomic E-state index is -0.306. The van der Waals surface area contributed by atoms with Gasteiger partial charge >= 0.3 is 0 Å². The van der Waals surface area contributed by atoms with Crippen molar-refractivity contribution in [1.82, 2.24) is 0 Å². The molecule has 1 aromatic carbocycles. The number of benzene rings is 1. The molecule has 1 atom stereocenters. The highest BCUT2D eigenvalue weighted by Crippen LogP contribution is 2.26. The van der Waals surface area contributed by atoms with Gasteiger partial charge in [0.25, 0.3) is 0 Å². The lowest BCUT2D eigenvalue weighted by atomic mass is 10.0. The molecule has 3 nitrogen and oxygen atoms in total. The van der Waals surface area contributed by atoms with E-state index in [1.165, 1.54) is 0 Å². The quantitative estimate of drug-likeness (QED) is 0.625. The van der Waals surface area contributed by atoms with Crippen LogP contribution in [0.2, 0.25) is 0 Å². The molecule has 5 N–H and O–H groups in total. The Hall–Kier alpha value is -1.32. The zero-order valence-corrected chi connectivity index (χ0v) is 8.11. The van der Waals surface area contributed by atoms with Crippen LogP contribution in [-0.2, 0) is 6.42 Å². The van der Waals surface area contributed by atoms with E-state index in [0.29, 0.717) is 18.5 Å². The maximum atomic E-state index is 9.84. The van der Waals surface area contributed by atoms with Crippen molar-refractivity contribution >= 4 is 0 Å². The second-order valence-electron chi connectivity index (χ2n) is 3.19. The molecule has 14 heavy (non-hydrogen) atoms. The molecule has 0 unspecified atom stereocenters. The highest BCUT2D eigenvalue weighted by molar-refractivity contribution is 5.43. The summed E-state index contributed by atoms with van der Waals surface area (Å²) in [5, 5.41) is 9.84. The molecule has 0 aliphatic heterocycles. The molecule has 1 aromatic rings. The Morgan fingerprint density at radius 2 is 2.21 bits per heavy atom. The molecule has 3 heteroatoms. The fraction of sp³-hybridized carbons (Fsp3) is 0.273. The maximum absolute atomic E-state index is 9.84. The Bertz CT molecular complexity index is 323. The number of hydrogen-bond acceptors (Lipinski definition) is 3. The lowest BCUT2D eigenvalue weighted by Gasteiger charge is -2.13. The highest BCUT2D eigenvalue weighted by atomic mass is 16.3. The van der Waals surface area contributed by atoms with Gasteiger partial charge in [-0.25, -0.2) is 0 Å². The number of nitrogens with two attached hydrogens (primary N) is 2. The van der Waals surface area contributed by atoms with Crippen molar-refractivity contribution in [3.05, 3.63) is 42.0 Å². The van der Waals surface area contributed by atoms with Gasteiger partial charge in [0, 0.05) is 18.2 Å². The largest absolute Gasteiger partial charge is 0.507 e. The number of hydrogen-bond donors (Lipinski definition) is 3. The molecular weight excluding hydrogens is 176 g/mol. The van der Waals surface area contributed by atoms with Gasteiger partial charge in [-0.1, -0.05) is 24.3 Å². The third kappa shape index (κ3) is 2.13. The Labute approximate surface area is 84.0 Å². The average molecular weight is 192 g/mol. The summed E-state index contributed by atoms with van der Waals surface area (Å²) in [5.74, 6) is 0.241. The van der Waals surface area contributed by atoms with Crippen LogP contribution in [0.4, 0.5) is 0 Å². The topological polar surface area (TPSA) is 72.3 Å². The summed E-state index contributed by atoms with van der Waals surface area (Å²) in [7, 11) is 0. The van der Waals surface area contributed by atoms with Crippen molar-refractivity contribution in [3.8, 4) is 5.75 Å². The van der Waals surface area contributed by atoms with E-state index in [4.69, 9.17) is 11.5 Å². The predicted molar refractivity (Wildman–Crippen MR) is 58.0 cm³/mol. The highest BCUT2D eigenvalue weighted by Gasteiger charge is 2.11. The van der Waals surface area contributed by atoms with Gasteiger partial charge in [0.05, 0.1) is 0 Å². The van der Waals surface area contributed by atoms with Gasteiger partial charge in [0.1, 0.15) is 5.75 Å². The predicted octanol–water partition coefficient (Wildman–Crippen LogP) is 1.08. The lowest BCUT2D eigenvalue weighted by molar-refractivity contribution is 0.456. The maximum Gasteiger partial charge on any atom is 0.123 e. The van der Waals surface area contributed by atoms with Crippen molar-refractivity contribution in [2.75, 3.05) is 6.54 Å². The van der Waals surface area contributed by atoms with Crippen LogP contribution in [0.25, 0.3) is 0 Å². The summed E-state index contributed by atoms with van der Waals surface area (Å²) in [4.78, 5) is 0. The van der Waals surface area contributed by atoms with Gasteiger partial charge < -0.3 is 16.6 Å². The van der Waals surface area contributed by atoms with E-state index in [0.717, 1.165) is 5.56 Å². The summed E-state index contributed by atoms with van der Waals surface area (Å²) >= 11 is 0. The molecule has 0 fully saturated rings. The zero-order valence-electron chi connectivity index (χ0n) is 8.11. The first-order valence-corrected chi connectivity index (χ1v) is 4.58. The number of phenols is 1. The fourth-order valence-corrected chi connectivity index (χ4v) is 1.36. The Balaban J connectivity index is 3.06. The number of rotatable bonds is 4. The molecular formula is C11H16N2O. The van der Waals surface area contributed by atoms with Crippen LogP contribution < -0.4 is 11.5 Å². The van der Waals surface area contributed by atoms with Gasteiger partial charge in [-0.2, -0.15) is 0 Å². The molecule has 0 aliphatic rings. The van der Waals surface area contributed by atoms with Gasteiger partial charge in [0.15, 0.2) is 0 Å². The summed E-state index contributed by atoms with van der Waals surface area (Å²) in [6.45, 7) is 3.95. The van der Waals surface area contributed by atoms with Crippen LogP contribution in [-0.4, -0.2) is 11.7 Å². The Morgan fingerprint density at radius 3 is 2.79 bits per heavy atom. The van der Waals surface area contributed by atoms with E-state index >= 15 is 0 Å². The van der Waals surface area contributed by atoms with E-state index in [1.54, 1.807) is 12.1 Å². The zero-order chi connectivity index (χ0) is 10.6. The molecule has 0 spiro atoms. The third-order valence-corrected chi connectivity index (χ3v) is 2.17. The van der Waals surface area contributed by atoms with Gasteiger partial charge in [-0.05, 0) is 12.0 Å². The van der Waals surface area contributed by atoms with Crippen LogP contribution in [0.3, 0.4) is 0 Å². The SMILES string of the molecule is C=CCc1cccc([C@H](N)CN)c1O. The third-order valence-electron chi connectivity index (χ3n) is 2.17. The molecule has 76 valence electrons.